The molecule has 1 aromatic carbocycles. The van der Waals surface area contributed by atoms with Gasteiger partial charge >= 0.3 is 0 Å². The van der Waals surface area contributed by atoms with Crippen LogP contribution in [0.3, 0.4) is 0 Å². The van der Waals surface area contributed by atoms with Crippen LogP contribution in [0.5, 0.6) is 0 Å². The molecule has 0 aliphatic rings. The molecule has 0 fully saturated rings. The zero-order valence-corrected chi connectivity index (χ0v) is 13.6. The SMILES string of the molecule is CN(Cc1cnn(-c2ccc(F)cc2)c1)C(CO)C(C)(C)C. The first-order valence-electron chi connectivity index (χ1n) is 7.42. The summed E-state index contributed by atoms with van der Waals surface area (Å²) in [6.07, 6.45) is 3.73. The number of aliphatic hydroxyl groups is 1. The molecule has 0 aliphatic heterocycles. The van der Waals surface area contributed by atoms with Gasteiger partial charge in [0.25, 0.3) is 0 Å². The van der Waals surface area contributed by atoms with Gasteiger partial charge in [-0.2, -0.15) is 5.10 Å². The van der Waals surface area contributed by atoms with E-state index in [0.29, 0.717) is 6.54 Å². The molecule has 0 radical (unpaired) electrons. The maximum atomic E-state index is 13.0. The predicted octanol–water partition coefficient (Wildman–Crippen LogP) is 2.85. The van der Waals surface area contributed by atoms with Gasteiger partial charge in [0.2, 0.25) is 0 Å². The zero-order chi connectivity index (χ0) is 16.3. The molecule has 4 nitrogen and oxygen atoms in total. The van der Waals surface area contributed by atoms with Crippen LogP contribution in [-0.2, 0) is 6.54 Å². The standard InChI is InChI=1S/C17H24FN3O/c1-17(2,3)16(12-22)20(4)10-13-9-19-21(11-13)15-7-5-14(18)6-8-15/h5-9,11,16,22H,10,12H2,1-4H3. The van der Waals surface area contributed by atoms with Gasteiger partial charge in [-0.25, -0.2) is 9.07 Å². The number of aliphatic hydroxyl groups excluding tert-OH is 1. The van der Waals surface area contributed by atoms with Crippen LogP contribution in [0.1, 0.15) is 26.3 Å². The van der Waals surface area contributed by atoms with E-state index in [1.165, 1.54) is 12.1 Å². The molecule has 0 spiro atoms. The molecule has 0 saturated carbocycles. The Morgan fingerprint density at radius 1 is 1.27 bits per heavy atom. The second kappa shape index (κ2) is 6.58. The van der Waals surface area contributed by atoms with Gasteiger partial charge in [0.15, 0.2) is 0 Å². The van der Waals surface area contributed by atoms with Gasteiger partial charge in [-0.3, -0.25) is 4.90 Å². The Hall–Kier alpha value is -1.72. The van der Waals surface area contributed by atoms with Crippen LogP contribution in [0.25, 0.3) is 5.69 Å². The molecule has 2 rings (SSSR count). The summed E-state index contributed by atoms with van der Waals surface area (Å²) in [7, 11) is 2.00. The number of nitrogens with zero attached hydrogens (tertiary/aromatic N) is 3. The number of likely N-dealkylation sites (N-methyl/N-ethyl adjacent to an activating group) is 1. The van der Waals surface area contributed by atoms with Crippen molar-refractivity contribution in [1.82, 2.24) is 14.7 Å². The Balaban J connectivity index is 2.10. The number of hydrogen-bond acceptors (Lipinski definition) is 3. The van der Waals surface area contributed by atoms with Crippen LogP contribution in [-0.4, -0.2) is 39.5 Å². The lowest BCUT2D eigenvalue weighted by Gasteiger charge is -2.36. The summed E-state index contributed by atoms with van der Waals surface area (Å²) in [5.41, 5.74) is 1.87. The largest absolute Gasteiger partial charge is 0.395 e. The number of aromatic nitrogens is 2. The summed E-state index contributed by atoms with van der Waals surface area (Å²) in [4.78, 5) is 2.13. The van der Waals surface area contributed by atoms with Crippen LogP contribution >= 0.6 is 0 Å². The van der Waals surface area contributed by atoms with Gasteiger partial charge in [-0.05, 0) is 36.7 Å². The summed E-state index contributed by atoms with van der Waals surface area (Å²) >= 11 is 0. The minimum atomic E-state index is -0.258. The first kappa shape index (κ1) is 16.6. The van der Waals surface area contributed by atoms with E-state index >= 15 is 0 Å². The minimum absolute atomic E-state index is 0.00352. The molecule has 2 aromatic rings. The molecule has 22 heavy (non-hydrogen) atoms. The third-order valence-electron chi connectivity index (χ3n) is 3.86. The summed E-state index contributed by atoms with van der Waals surface area (Å²) in [5.74, 6) is -0.258. The highest BCUT2D eigenvalue weighted by Crippen LogP contribution is 2.24. The van der Waals surface area contributed by atoms with Gasteiger partial charge in [-0.15, -0.1) is 0 Å². The van der Waals surface area contributed by atoms with E-state index in [1.54, 1.807) is 23.0 Å². The van der Waals surface area contributed by atoms with Crippen molar-refractivity contribution >= 4 is 0 Å². The molecule has 1 N–H and O–H groups in total. The topological polar surface area (TPSA) is 41.3 Å². The molecule has 0 aliphatic carbocycles. The van der Waals surface area contributed by atoms with E-state index in [2.05, 4.69) is 30.8 Å². The maximum absolute atomic E-state index is 13.0. The van der Waals surface area contributed by atoms with Crippen molar-refractivity contribution in [2.75, 3.05) is 13.7 Å². The fourth-order valence-corrected chi connectivity index (χ4v) is 2.65. The van der Waals surface area contributed by atoms with Crippen molar-refractivity contribution in [3.63, 3.8) is 0 Å². The third-order valence-corrected chi connectivity index (χ3v) is 3.86. The highest BCUT2D eigenvalue weighted by atomic mass is 19.1. The summed E-state index contributed by atoms with van der Waals surface area (Å²) in [5, 5.41) is 13.9. The fraction of sp³-hybridized carbons (Fsp3) is 0.471. The Bertz CT molecular complexity index is 601. The van der Waals surface area contributed by atoms with Crippen molar-refractivity contribution in [3.8, 4) is 5.69 Å². The lowest BCUT2D eigenvalue weighted by atomic mass is 9.86. The quantitative estimate of drug-likeness (QED) is 0.923. The normalized spacial score (nSPS) is 13.6. The molecule has 0 saturated heterocycles. The second-order valence-electron chi connectivity index (χ2n) is 6.75. The van der Waals surface area contributed by atoms with Crippen LogP contribution in [0, 0.1) is 11.2 Å². The Morgan fingerprint density at radius 3 is 2.45 bits per heavy atom. The van der Waals surface area contributed by atoms with Crippen LogP contribution in [0.15, 0.2) is 36.7 Å². The molecular weight excluding hydrogens is 281 g/mol. The molecule has 0 amide bonds. The first-order chi connectivity index (χ1) is 10.3. The van der Waals surface area contributed by atoms with Gasteiger partial charge in [-0.1, -0.05) is 20.8 Å². The van der Waals surface area contributed by atoms with E-state index in [4.69, 9.17) is 0 Å². The van der Waals surface area contributed by atoms with Gasteiger partial charge < -0.3 is 5.11 Å². The van der Waals surface area contributed by atoms with Crippen molar-refractivity contribution in [2.24, 2.45) is 5.41 Å². The minimum Gasteiger partial charge on any atom is -0.395 e. The van der Waals surface area contributed by atoms with Gasteiger partial charge in [0, 0.05) is 24.3 Å². The molecule has 1 atom stereocenters. The molecule has 5 heteroatoms. The van der Waals surface area contributed by atoms with Crippen LogP contribution in [0.2, 0.25) is 0 Å². The van der Waals surface area contributed by atoms with Gasteiger partial charge in [0.05, 0.1) is 18.5 Å². The summed E-state index contributed by atoms with van der Waals surface area (Å²) < 4.78 is 14.7. The van der Waals surface area contributed by atoms with E-state index in [-0.39, 0.29) is 23.9 Å². The molecule has 120 valence electrons. The average Bonchev–Trinajstić information content (AvgIpc) is 2.87. The lowest BCUT2D eigenvalue weighted by Crippen LogP contribution is -2.43. The lowest BCUT2D eigenvalue weighted by molar-refractivity contribution is 0.0614. The Morgan fingerprint density at radius 2 is 1.91 bits per heavy atom. The van der Waals surface area contributed by atoms with E-state index in [9.17, 15) is 9.50 Å². The summed E-state index contributed by atoms with van der Waals surface area (Å²) in [6.45, 7) is 7.17. The third kappa shape index (κ3) is 3.93. The van der Waals surface area contributed by atoms with E-state index in [0.717, 1.165) is 11.3 Å². The summed E-state index contributed by atoms with van der Waals surface area (Å²) in [6, 6.07) is 6.30. The molecular formula is C17H24FN3O. The molecule has 0 bridgehead atoms. The first-order valence-corrected chi connectivity index (χ1v) is 7.42. The predicted molar refractivity (Wildman–Crippen MR) is 85.3 cm³/mol. The van der Waals surface area contributed by atoms with Crippen LogP contribution in [0.4, 0.5) is 4.39 Å². The molecule has 1 heterocycles. The Labute approximate surface area is 131 Å². The van der Waals surface area contributed by atoms with Crippen molar-refractivity contribution < 1.29 is 9.50 Å². The number of halogens is 1. The second-order valence-corrected chi connectivity index (χ2v) is 6.75. The van der Waals surface area contributed by atoms with Crippen LogP contribution < -0.4 is 0 Å². The highest BCUT2D eigenvalue weighted by Gasteiger charge is 2.27. The smallest absolute Gasteiger partial charge is 0.123 e. The Kier molecular flexibility index (Phi) is 4.98. The zero-order valence-electron chi connectivity index (χ0n) is 13.6. The maximum Gasteiger partial charge on any atom is 0.123 e. The fourth-order valence-electron chi connectivity index (χ4n) is 2.65. The monoisotopic (exact) mass is 305 g/mol. The molecule has 1 aromatic heterocycles. The van der Waals surface area contributed by atoms with E-state index < -0.39 is 0 Å². The van der Waals surface area contributed by atoms with Crippen molar-refractivity contribution in [1.29, 1.82) is 0 Å². The number of benzene rings is 1. The highest BCUT2D eigenvalue weighted by molar-refractivity contribution is 5.31. The average molecular weight is 305 g/mol. The number of hydrogen-bond donors (Lipinski definition) is 1. The van der Waals surface area contributed by atoms with E-state index in [1.807, 2.05) is 13.2 Å². The molecule has 1 unspecified atom stereocenters. The van der Waals surface area contributed by atoms with Crippen molar-refractivity contribution in [2.45, 2.75) is 33.4 Å². The van der Waals surface area contributed by atoms with Crippen molar-refractivity contribution in [3.05, 3.63) is 48.0 Å². The van der Waals surface area contributed by atoms with Gasteiger partial charge in [0.1, 0.15) is 5.82 Å². The number of rotatable bonds is 5.